The predicted molar refractivity (Wildman–Crippen MR) is 104 cm³/mol. The van der Waals surface area contributed by atoms with Gasteiger partial charge in [0.1, 0.15) is 11.5 Å². The summed E-state index contributed by atoms with van der Waals surface area (Å²) in [5.41, 5.74) is 3.09. The highest BCUT2D eigenvalue weighted by molar-refractivity contribution is 6.43. The number of carbonyl (C=O) groups is 2. The summed E-state index contributed by atoms with van der Waals surface area (Å²) < 4.78 is 5.66. The fraction of sp³-hybridized carbons (Fsp3) is 0.0952. The highest BCUT2D eigenvalue weighted by Gasteiger charge is 2.15. The van der Waals surface area contributed by atoms with Crippen LogP contribution in [-0.2, 0) is 9.59 Å². The number of hydrogen-bond donors (Lipinski definition) is 2. The van der Waals surface area contributed by atoms with Gasteiger partial charge in [0.05, 0.1) is 0 Å². The Hall–Kier alpha value is -3.67. The standard InChI is InChI=1S/C21H19N3O3/c1-14-3-8-19(15(2)13-14)24-21(26)20(25)23-16-4-6-17(7-5-16)27-18-9-11-22-12-10-18/h3-13H,1-2H3,(H,23,25)(H,24,26). The maximum absolute atomic E-state index is 12.1. The Balaban J connectivity index is 1.59. The first-order valence-corrected chi connectivity index (χ1v) is 8.39. The summed E-state index contributed by atoms with van der Waals surface area (Å²) in [5, 5.41) is 5.19. The summed E-state index contributed by atoms with van der Waals surface area (Å²) in [7, 11) is 0. The van der Waals surface area contributed by atoms with Crippen LogP contribution >= 0.6 is 0 Å². The molecule has 6 nitrogen and oxygen atoms in total. The first kappa shape index (κ1) is 18.1. The lowest BCUT2D eigenvalue weighted by Gasteiger charge is -2.10. The van der Waals surface area contributed by atoms with Crippen LogP contribution in [0.1, 0.15) is 11.1 Å². The molecule has 0 aliphatic carbocycles. The van der Waals surface area contributed by atoms with Crippen molar-refractivity contribution in [3.05, 3.63) is 78.1 Å². The van der Waals surface area contributed by atoms with Gasteiger partial charge in [0.25, 0.3) is 0 Å². The first-order chi connectivity index (χ1) is 13.0. The molecule has 0 bridgehead atoms. The first-order valence-electron chi connectivity index (χ1n) is 8.39. The van der Waals surface area contributed by atoms with Gasteiger partial charge >= 0.3 is 11.8 Å². The quantitative estimate of drug-likeness (QED) is 0.687. The van der Waals surface area contributed by atoms with Crippen molar-refractivity contribution < 1.29 is 14.3 Å². The molecule has 27 heavy (non-hydrogen) atoms. The van der Waals surface area contributed by atoms with Crippen LogP contribution in [0.15, 0.2) is 67.0 Å². The second-order valence-electron chi connectivity index (χ2n) is 6.04. The van der Waals surface area contributed by atoms with Crippen molar-refractivity contribution in [2.45, 2.75) is 13.8 Å². The summed E-state index contributed by atoms with van der Waals surface area (Å²) in [6.45, 7) is 3.84. The van der Waals surface area contributed by atoms with Crippen LogP contribution in [0.25, 0.3) is 0 Å². The maximum atomic E-state index is 12.1. The number of anilines is 2. The third-order valence-electron chi connectivity index (χ3n) is 3.83. The van der Waals surface area contributed by atoms with E-state index in [-0.39, 0.29) is 0 Å². The van der Waals surface area contributed by atoms with E-state index in [9.17, 15) is 9.59 Å². The molecule has 0 atom stereocenters. The lowest BCUT2D eigenvalue weighted by Crippen LogP contribution is -2.29. The predicted octanol–water partition coefficient (Wildman–Crippen LogP) is 4.07. The molecule has 0 unspecified atom stereocenters. The number of benzene rings is 2. The zero-order chi connectivity index (χ0) is 19.2. The van der Waals surface area contributed by atoms with Crippen LogP contribution in [0.5, 0.6) is 11.5 Å². The highest BCUT2D eigenvalue weighted by atomic mass is 16.5. The number of amides is 2. The maximum Gasteiger partial charge on any atom is 0.314 e. The molecule has 0 spiro atoms. The third-order valence-corrected chi connectivity index (χ3v) is 3.83. The molecule has 0 fully saturated rings. The van der Waals surface area contributed by atoms with E-state index in [4.69, 9.17) is 4.74 Å². The fourth-order valence-corrected chi connectivity index (χ4v) is 2.47. The van der Waals surface area contributed by atoms with E-state index < -0.39 is 11.8 Å². The van der Waals surface area contributed by atoms with Gasteiger partial charge in [-0.05, 0) is 61.9 Å². The minimum Gasteiger partial charge on any atom is -0.457 e. The van der Waals surface area contributed by atoms with E-state index in [2.05, 4.69) is 15.6 Å². The zero-order valence-corrected chi connectivity index (χ0v) is 15.0. The van der Waals surface area contributed by atoms with E-state index >= 15 is 0 Å². The molecule has 3 aromatic rings. The van der Waals surface area contributed by atoms with Crippen LogP contribution in [0, 0.1) is 13.8 Å². The number of nitrogens with one attached hydrogen (secondary N) is 2. The van der Waals surface area contributed by atoms with E-state index in [1.807, 2.05) is 26.0 Å². The van der Waals surface area contributed by atoms with Gasteiger partial charge in [-0.3, -0.25) is 14.6 Å². The van der Waals surface area contributed by atoms with E-state index in [1.165, 1.54) is 0 Å². The molecule has 2 amide bonds. The number of hydrogen-bond acceptors (Lipinski definition) is 4. The van der Waals surface area contributed by atoms with E-state index in [0.29, 0.717) is 22.9 Å². The van der Waals surface area contributed by atoms with Gasteiger partial charge in [-0.15, -0.1) is 0 Å². The zero-order valence-electron chi connectivity index (χ0n) is 15.0. The lowest BCUT2D eigenvalue weighted by atomic mass is 10.1. The molecule has 1 heterocycles. The Morgan fingerprint density at radius 3 is 2.11 bits per heavy atom. The molecular weight excluding hydrogens is 342 g/mol. The molecule has 136 valence electrons. The highest BCUT2D eigenvalue weighted by Crippen LogP contribution is 2.22. The fourth-order valence-electron chi connectivity index (χ4n) is 2.47. The Morgan fingerprint density at radius 2 is 1.44 bits per heavy atom. The van der Waals surface area contributed by atoms with Gasteiger partial charge in [0, 0.05) is 23.8 Å². The van der Waals surface area contributed by atoms with Crippen molar-refractivity contribution >= 4 is 23.2 Å². The van der Waals surface area contributed by atoms with Gasteiger partial charge in [0.2, 0.25) is 0 Å². The normalized spacial score (nSPS) is 10.1. The molecule has 0 aliphatic rings. The number of pyridine rings is 1. The van der Waals surface area contributed by atoms with E-state index in [1.54, 1.807) is 54.9 Å². The Morgan fingerprint density at radius 1 is 0.815 bits per heavy atom. The van der Waals surface area contributed by atoms with Crippen LogP contribution < -0.4 is 15.4 Å². The molecule has 3 rings (SSSR count). The minimum atomic E-state index is -0.738. The van der Waals surface area contributed by atoms with Gasteiger partial charge < -0.3 is 15.4 Å². The Kier molecular flexibility index (Phi) is 5.47. The SMILES string of the molecule is Cc1ccc(NC(=O)C(=O)Nc2ccc(Oc3ccncc3)cc2)c(C)c1. The monoisotopic (exact) mass is 361 g/mol. The minimum absolute atomic E-state index is 0.498. The molecule has 0 aliphatic heterocycles. The van der Waals surface area contributed by atoms with Crippen molar-refractivity contribution in [3.63, 3.8) is 0 Å². The average Bonchev–Trinajstić information content (AvgIpc) is 2.66. The summed E-state index contributed by atoms with van der Waals surface area (Å²) in [5.74, 6) is -0.189. The number of nitrogens with zero attached hydrogens (tertiary/aromatic N) is 1. The molecule has 2 N–H and O–H groups in total. The smallest absolute Gasteiger partial charge is 0.314 e. The molecule has 2 aromatic carbocycles. The third kappa shape index (κ3) is 4.92. The molecule has 0 saturated heterocycles. The Bertz CT molecular complexity index is 954. The van der Waals surface area contributed by atoms with Crippen LogP contribution in [0.2, 0.25) is 0 Å². The summed E-state index contributed by atoms with van der Waals surface area (Å²) in [6.07, 6.45) is 3.27. The average molecular weight is 361 g/mol. The van der Waals surface area contributed by atoms with Crippen molar-refractivity contribution in [2.75, 3.05) is 10.6 Å². The second kappa shape index (κ2) is 8.14. The summed E-state index contributed by atoms with van der Waals surface area (Å²) in [6, 6.07) is 15.8. The summed E-state index contributed by atoms with van der Waals surface area (Å²) in [4.78, 5) is 28.1. The van der Waals surface area contributed by atoms with Crippen LogP contribution in [-0.4, -0.2) is 16.8 Å². The number of rotatable bonds is 4. The van der Waals surface area contributed by atoms with Crippen LogP contribution in [0.3, 0.4) is 0 Å². The van der Waals surface area contributed by atoms with Crippen molar-refractivity contribution in [3.8, 4) is 11.5 Å². The van der Waals surface area contributed by atoms with Crippen LogP contribution in [0.4, 0.5) is 11.4 Å². The molecule has 0 saturated carbocycles. The summed E-state index contributed by atoms with van der Waals surface area (Å²) >= 11 is 0. The van der Waals surface area contributed by atoms with Gasteiger partial charge in [-0.1, -0.05) is 17.7 Å². The Labute approximate surface area is 157 Å². The number of carbonyl (C=O) groups excluding carboxylic acids is 2. The molecule has 1 aromatic heterocycles. The topological polar surface area (TPSA) is 80.3 Å². The second-order valence-corrected chi connectivity index (χ2v) is 6.04. The molecule has 6 heteroatoms. The van der Waals surface area contributed by atoms with Crippen molar-refractivity contribution in [1.82, 2.24) is 4.98 Å². The van der Waals surface area contributed by atoms with E-state index in [0.717, 1.165) is 11.1 Å². The lowest BCUT2D eigenvalue weighted by molar-refractivity contribution is -0.133. The number of aryl methyl sites for hydroxylation is 2. The van der Waals surface area contributed by atoms with Gasteiger partial charge in [0.15, 0.2) is 0 Å². The van der Waals surface area contributed by atoms with Crippen molar-refractivity contribution in [2.24, 2.45) is 0 Å². The number of aromatic nitrogens is 1. The van der Waals surface area contributed by atoms with Crippen molar-refractivity contribution in [1.29, 1.82) is 0 Å². The van der Waals surface area contributed by atoms with Gasteiger partial charge in [-0.2, -0.15) is 0 Å². The largest absolute Gasteiger partial charge is 0.457 e. The number of ether oxygens (including phenoxy) is 1. The van der Waals surface area contributed by atoms with Gasteiger partial charge in [-0.25, -0.2) is 0 Å². The molecule has 0 radical (unpaired) electrons. The molecular formula is C21H19N3O3.